The summed E-state index contributed by atoms with van der Waals surface area (Å²) in [5.41, 5.74) is 4.40. The zero-order valence-electron chi connectivity index (χ0n) is 17.1. The normalized spacial score (nSPS) is 21.3. The molecule has 1 saturated heterocycles. The molecule has 0 bridgehead atoms. The second-order valence-corrected chi connectivity index (χ2v) is 8.19. The summed E-state index contributed by atoms with van der Waals surface area (Å²) >= 11 is 0. The van der Waals surface area contributed by atoms with Gasteiger partial charge in [-0.25, -0.2) is 0 Å². The molecular formula is C24H30N2O2. The number of benzene rings is 2. The summed E-state index contributed by atoms with van der Waals surface area (Å²) in [7, 11) is 2.17. The maximum absolute atomic E-state index is 13.5. The first-order valence-corrected chi connectivity index (χ1v) is 10.4. The number of piperidine rings is 1. The van der Waals surface area contributed by atoms with Crippen molar-refractivity contribution in [3.05, 3.63) is 59.2 Å². The van der Waals surface area contributed by atoms with Gasteiger partial charge < -0.3 is 14.5 Å². The first-order chi connectivity index (χ1) is 13.6. The van der Waals surface area contributed by atoms with Gasteiger partial charge in [0.1, 0.15) is 5.75 Å². The van der Waals surface area contributed by atoms with Crippen molar-refractivity contribution in [1.82, 2.24) is 4.90 Å². The van der Waals surface area contributed by atoms with E-state index in [0.717, 1.165) is 56.0 Å². The molecule has 4 heteroatoms. The Morgan fingerprint density at radius 1 is 1.18 bits per heavy atom. The van der Waals surface area contributed by atoms with Gasteiger partial charge in [0.25, 0.3) is 5.91 Å². The monoisotopic (exact) mass is 378 g/mol. The van der Waals surface area contributed by atoms with Gasteiger partial charge >= 0.3 is 0 Å². The van der Waals surface area contributed by atoms with Crippen LogP contribution in [-0.2, 0) is 0 Å². The molecular weight excluding hydrogens is 348 g/mol. The van der Waals surface area contributed by atoms with E-state index in [1.165, 1.54) is 11.1 Å². The maximum Gasteiger partial charge on any atom is 0.258 e. The number of hydrogen-bond acceptors (Lipinski definition) is 3. The van der Waals surface area contributed by atoms with Crippen LogP contribution in [0.1, 0.15) is 53.6 Å². The molecule has 2 aliphatic heterocycles. The number of ether oxygens (including phenoxy) is 1. The average molecular weight is 379 g/mol. The number of hydrogen-bond donors (Lipinski definition) is 0. The van der Waals surface area contributed by atoms with Gasteiger partial charge in [-0.2, -0.15) is 0 Å². The van der Waals surface area contributed by atoms with E-state index in [9.17, 15) is 4.79 Å². The fourth-order valence-electron chi connectivity index (χ4n) is 4.51. The fraction of sp³-hybridized carbons (Fsp3) is 0.458. The highest BCUT2D eigenvalue weighted by molar-refractivity contribution is 6.08. The number of unbranched alkanes of at least 4 members (excludes halogenated alkanes) is 1. The molecule has 0 aliphatic carbocycles. The molecule has 2 aromatic rings. The van der Waals surface area contributed by atoms with Gasteiger partial charge in [-0.05, 0) is 69.3 Å². The summed E-state index contributed by atoms with van der Waals surface area (Å²) in [5.74, 6) is 1.33. The number of carbonyl (C=O) groups excluding carboxylic acids is 1. The number of likely N-dealkylation sites (N-methyl/N-ethyl adjacent to an activating group) is 1. The number of likely N-dealkylation sites (tertiary alicyclic amines) is 1. The van der Waals surface area contributed by atoms with Gasteiger partial charge in [-0.15, -0.1) is 0 Å². The van der Waals surface area contributed by atoms with Crippen molar-refractivity contribution < 1.29 is 9.53 Å². The third-order valence-corrected chi connectivity index (χ3v) is 6.04. The number of carbonyl (C=O) groups is 1. The molecule has 28 heavy (non-hydrogen) atoms. The summed E-state index contributed by atoms with van der Waals surface area (Å²) in [6.07, 6.45) is 3.17. The van der Waals surface area contributed by atoms with Crippen LogP contribution in [0.15, 0.2) is 42.5 Å². The molecule has 2 heterocycles. The summed E-state index contributed by atoms with van der Waals surface area (Å²) < 4.78 is 5.74. The van der Waals surface area contributed by atoms with Gasteiger partial charge in [0, 0.05) is 29.8 Å². The van der Waals surface area contributed by atoms with Crippen molar-refractivity contribution in [3.63, 3.8) is 0 Å². The Bertz CT molecular complexity index is 846. The Balaban J connectivity index is 1.60. The predicted octanol–water partition coefficient (Wildman–Crippen LogP) is 4.62. The first-order valence-electron chi connectivity index (χ1n) is 10.4. The summed E-state index contributed by atoms with van der Waals surface area (Å²) in [6, 6.07) is 14.4. The van der Waals surface area contributed by atoms with Crippen LogP contribution in [0.3, 0.4) is 0 Å². The number of rotatable bonds is 5. The van der Waals surface area contributed by atoms with E-state index in [4.69, 9.17) is 4.74 Å². The second kappa shape index (κ2) is 7.96. The van der Waals surface area contributed by atoms with E-state index in [1.54, 1.807) is 0 Å². The van der Waals surface area contributed by atoms with Crippen molar-refractivity contribution in [3.8, 4) is 5.75 Å². The molecule has 2 atom stereocenters. The Hall–Kier alpha value is -2.33. The van der Waals surface area contributed by atoms with Crippen LogP contribution in [0.4, 0.5) is 5.69 Å². The largest absolute Gasteiger partial charge is 0.494 e. The molecule has 2 unspecified atom stereocenters. The zero-order valence-corrected chi connectivity index (χ0v) is 17.1. The first kappa shape index (κ1) is 19.0. The van der Waals surface area contributed by atoms with E-state index in [0.29, 0.717) is 5.92 Å². The number of amides is 1. The smallest absolute Gasteiger partial charge is 0.258 e. The minimum Gasteiger partial charge on any atom is -0.494 e. The SMILES string of the molecule is CCCCOc1ccc(C(=O)N2c3ccc(C)cc3C3CN(C)CCC32)cc1. The lowest BCUT2D eigenvalue weighted by molar-refractivity contribution is 0.0964. The molecule has 0 spiro atoms. The summed E-state index contributed by atoms with van der Waals surface area (Å²) in [4.78, 5) is 17.9. The molecule has 4 nitrogen and oxygen atoms in total. The number of nitrogens with zero attached hydrogens (tertiary/aromatic N) is 2. The van der Waals surface area contributed by atoms with Gasteiger partial charge in [-0.1, -0.05) is 31.0 Å². The van der Waals surface area contributed by atoms with Crippen molar-refractivity contribution in [2.75, 3.05) is 31.6 Å². The molecule has 2 aliphatic rings. The quantitative estimate of drug-likeness (QED) is 0.712. The summed E-state index contributed by atoms with van der Waals surface area (Å²) in [6.45, 7) is 7.04. The molecule has 0 N–H and O–H groups in total. The number of aryl methyl sites for hydroxylation is 1. The lowest BCUT2D eigenvalue weighted by Crippen LogP contribution is -2.47. The third-order valence-electron chi connectivity index (χ3n) is 6.04. The predicted molar refractivity (Wildman–Crippen MR) is 113 cm³/mol. The van der Waals surface area contributed by atoms with Crippen LogP contribution in [0, 0.1) is 6.92 Å². The van der Waals surface area contributed by atoms with Gasteiger partial charge in [-0.3, -0.25) is 4.79 Å². The molecule has 0 aromatic heterocycles. The van der Waals surface area contributed by atoms with E-state index in [2.05, 4.69) is 48.9 Å². The van der Waals surface area contributed by atoms with Crippen molar-refractivity contribution in [2.24, 2.45) is 0 Å². The van der Waals surface area contributed by atoms with E-state index >= 15 is 0 Å². The van der Waals surface area contributed by atoms with Crippen molar-refractivity contribution in [2.45, 2.75) is 45.1 Å². The molecule has 1 fully saturated rings. The van der Waals surface area contributed by atoms with Crippen LogP contribution in [-0.4, -0.2) is 43.6 Å². The molecule has 1 amide bonds. The van der Waals surface area contributed by atoms with Crippen molar-refractivity contribution >= 4 is 11.6 Å². The highest BCUT2D eigenvalue weighted by Crippen LogP contribution is 2.45. The van der Waals surface area contributed by atoms with Gasteiger partial charge in [0.2, 0.25) is 0 Å². The molecule has 2 aromatic carbocycles. The van der Waals surface area contributed by atoms with Crippen LogP contribution in [0.25, 0.3) is 0 Å². The van der Waals surface area contributed by atoms with E-state index in [-0.39, 0.29) is 11.9 Å². The van der Waals surface area contributed by atoms with Crippen molar-refractivity contribution in [1.29, 1.82) is 0 Å². The zero-order chi connectivity index (χ0) is 19.7. The standard InChI is InChI=1S/C24H30N2O2/c1-4-5-14-28-19-9-7-18(8-10-19)24(27)26-22-11-6-17(2)15-20(22)21-16-25(3)13-12-23(21)26/h6-11,15,21,23H,4-5,12-14,16H2,1-3H3. The van der Waals surface area contributed by atoms with Crippen LogP contribution in [0.5, 0.6) is 5.75 Å². The Kier molecular flexibility index (Phi) is 5.40. The lowest BCUT2D eigenvalue weighted by Gasteiger charge is -2.36. The minimum absolute atomic E-state index is 0.0993. The fourth-order valence-corrected chi connectivity index (χ4v) is 4.51. The van der Waals surface area contributed by atoms with Crippen LogP contribution < -0.4 is 9.64 Å². The molecule has 148 valence electrons. The number of anilines is 1. The minimum atomic E-state index is 0.0993. The Labute approximate surface area is 168 Å². The van der Waals surface area contributed by atoms with Gasteiger partial charge in [0.05, 0.1) is 6.61 Å². The second-order valence-electron chi connectivity index (χ2n) is 8.19. The average Bonchev–Trinajstić information content (AvgIpc) is 3.01. The number of fused-ring (bicyclic) bond motifs is 3. The van der Waals surface area contributed by atoms with Gasteiger partial charge in [0.15, 0.2) is 0 Å². The van der Waals surface area contributed by atoms with E-state index in [1.807, 2.05) is 24.3 Å². The van der Waals surface area contributed by atoms with Crippen LogP contribution in [0.2, 0.25) is 0 Å². The third kappa shape index (κ3) is 3.53. The Morgan fingerprint density at radius 2 is 1.96 bits per heavy atom. The topological polar surface area (TPSA) is 32.8 Å². The maximum atomic E-state index is 13.5. The van der Waals surface area contributed by atoms with E-state index < -0.39 is 0 Å². The molecule has 0 saturated carbocycles. The Morgan fingerprint density at radius 3 is 2.71 bits per heavy atom. The van der Waals surface area contributed by atoms with Crippen LogP contribution >= 0.6 is 0 Å². The molecule has 0 radical (unpaired) electrons. The highest BCUT2D eigenvalue weighted by atomic mass is 16.5. The summed E-state index contributed by atoms with van der Waals surface area (Å²) in [5, 5.41) is 0. The molecule has 4 rings (SSSR count). The lowest BCUT2D eigenvalue weighted by atomic mass is 9.88. The highest BCUT2D eigenvalue weighted by Gasteiger charge is 2.44.